The molecule has 0 spiro atoms. The van der Waals surface area contributed by atoms with Crippen LogP contribution >= 0.6 is 0 Å². The molecule has 0 saturated carbocycles. The fourth-order valence-corrected chi connectivity index (χ4v) is 1.93. The summed E-state index contributed by atoms with van der Waals surface area (Å²) < 4.78 is 11.3. The van der Waals surface area contributed by atoms with Crippen LogP contribution in [0.4, 0.5) is 0 Å². The topological polar surface area (TPSA) is 108 Å². The Bertz CT molecular complexity index is 659. The molecule has 1 unspecified atom stereocenters. The molecule has 0 bridgehead atoms. The van der Waals surface area contributed by atoms with Gasteiger partial charge in [-0.05, 0) is 29.5 Å². The van der Waals surface area contributed by atoms with Crippen LogP contribution in [-0.2, 0) is 14.3 Å². The summed E-state index contributed by atoms with van der Waals surface area (Å²) in [5.74, 6) is -1.03. The van der Waals surface area contributed by atoms with Gasteiger partial charge in [0, 0.05) is 13.2 Å². The number of nitrogens with one attached hydrogen (secondary N) is 1. The average Bonchev–Trinajstić information content (AvgIpc) is 3.07. The minimum Gasteiger partial charge on any atom is -0.452 e. The van der Waals surface area contributed by atoms with Crippen molar-refractivity contribution < 1.29 is 19.1 Å². The van der Waals surface area contributed by atoms with Gasteiger partial charge in [0.25, 0.3) is 5.91 Å². The van der Waals surface area contributed by atoms with Gasteiger partial charge in [-0.25, -0.2) is 4.79 Å². The van der Waals surface area contributed by atoms with Crippen LogP contribution in [0.25, 0.3) is 5.69 Å². The monoisotopic (exact) mass is 319 g/mol. The van der Waals surface area contributed by atoms with Crippen LogP contribution in [0.5, 0.6) is 0 Å². The maximum Gasteiger partial charge on any atom is 0.340 e. The molecule has 23 heavy (non-hydrogen) atoms. The van der Waals surface area contributed by atoms with Gasteiger partial charge in [-0.2, -0.15) is 4.68 Å². The van der Waals surface area contributed by atoms with Crippen LogP contribution in [0.3, 0.4) is 0 Å². The molecule has 9 heteroatoms. The Morgan fingerprint density at radius 1 is 1.35 bits per heavy atom. The molecule has 122 valence electrons. The van der Waals surface area contributed by atoms with Gasteiger partial charge >= 0.3 is 5.97 Å². The second kappa shape index (κ2) is 7.99. The summed E-state index contributed by atoms with van der Waals surface area (Å²) in [7, 11) is 1.54. The Morgan fingerprint density at radius 3 is 2.83 bits per heavy atom. The van der Waals surface area contributed by atoms with Gasteiger partial charge in [-0.15, -0.1) is 5.10 Å². The van der Waals surface area contributed by atoms with Gasteiger partial charge < -0.3 is 14.8 Å². The number of tetrazole rings is 1. The third-order valence-electron chi connectivity index (χ3n) is 2.88. The molecule has 0 aliphatic heterocycles. The molecule has 2 rings (SSSR count). The molecule has 1 aromatic heterocycles. The Morgan fingerprint density at radius 2 is 2.13 bits per heavy atom. The van der Waals surface area contributed by atoms with Crippen molar-refractivity contribution in [1.29, 1.82) is 0 Å². The Kier molecular flexibility index (Phi) is 5.75. The number of nitrogens with zero attached hydrogens (tertiary/aromatic N) is 4. The lowest BCUT2D eigenvalue weighted by molar-refractivity contribution is -0.125. The molecular formula is C14H17N5O4. The smallest absolute Gasteiger partial charge is 0.340 e. The summed E-state index contributed by atoms with van der Waals surface area (Å²) in [4.78, 5) is 23.9. The van der Waals surface area contributed by atoms with Crippen LogP contribution in [0.15, 0.2) is 30.6 Å². The largest absolute Gasteiger partial charge is 0.452 e. The highest BCUT2D eigenvalue weighted by Gasteiger charge is 2.16. The Balaban J connectivity index is 1.98. The summed E-state index contributed by atoms with van der Waals surface area (Å²) in [6.45, 7) is 1.79. The number of rotatable bonds is 7. The van der Waals surface area contributed by atoms with Gasteiger partial charge in [0.2, 0.25) is 0 Å². The lowest BCUT2D eigenvalue weighted by Crippen LogP contribution is -2.38. The van der Waals surface area contributed by atoms with Crippen molar-refractivity contribution in [1.82, 2.24) is 25.5 Å². The van der Waals surface area contributed by atoms with E-state index in [0.29, 0.717) is 12.3 Å². The molecule has 1 heterocycles. The van der Waals surface area contributed by atoms with E-state index in [-0.39, 0.29) is 18.2 Å². The highest BCUT2D eigenvalue weighted by molar-refractivity contribution is 5.94. The van der Waals surface area contributed by atoms with Crippen molar-refractivity contribution in [2.24, 2.45) is 0 Å². The van der Waals surface area contributed by atoms with Gasteiger partial charge in [0.05, 0.1) is 17.9 Å². The fourth-order valence-electron chi connectivity index (χ4n) is 1.93. The van der Waals surface area contributed by atoms with Crippen LogP contribution in [0.2, 0.25) is 0 Å². The summed E-state index contributed by atoms with van der Waals surface area (Å²) >= 11 is 0. The number of carbonyl (C=O) groups is 2. The first-order valence-corrected chi connectivity index (χ1v) is 6.89. The van der Waals surface area contributed by atoms with Gasteiger partial charge in [-0.1, -0.05) is 12.1 Å². The lowest BCUT2D eigenvalue weighted by atomic mass is 10.2. The van der Waals surface area contributed by atoms with Crippen LogP contribution < -0.4 is 5.32 Å². The zero-order valence-electron chi connectivity index (χ0n) is 12.8. The summed E-state index contributed by atoms with van der Waals surface area (Å²) in [5, 5.41) is 13.4. The zero-order valence-corrected chi connectivity index (χ0v) is 12.8. The molecule has 0 fully saturated rings. The van der Waals surface area contributed by atoms with E-state index in [1.54, 1.807) is 38.3 Å². The third kappa shape index (κ3) is 4.58. The molecule has 1 amide bonds. The normalized spacial score (nSPS) is 11.7. The van der Waals surface area contributed by atoms with E-state index < -0.39 is 11.9 Å². The minimum absolute atomic E-state index is 0.167. The van der Waals surface area contributed by atoms with Gasteiger partial charge in [-0.3, -0.25) is 4.79 Å². The standard InChI is InChI=1S/C14H17N5O4/c1-10(7-22-2)16-13(20)8-23-14(21)11-5-3-4-6-12(11)19-9-15-17-18-19/h3-6,9-10H,7-8H2,1-2H3,(H,16,20). The second-order valence-electron chi connectivity index (χ2n) is 4.77. The van der Waals surface area contributed by atoms with E-state index in [1.807, 2.05) is 0 Å². The highest BCUT2D eigenvalue weighted by atomic mass is 16.5. The third-order valence-corrected chi connectivity index (χ3v) is 2.88. The van der Waals surface area contributed by atoms with E-state index in [9.17, 15) is 9.59 Å². The first-order valence-electron chi connectivity index (χ1n) is 6.89. The maximum atomic E-state index is 12.2. The number of esters is 1. The van der Waals surface area contributed by atoms with E-state index in [2.05, 4.69) is 20.8 Å². The zero-order chi connectivity index (χ0) is 16.7. The number of methoxy groups -OCH3 is 1. The van der Waals surface area contributed by atoms with E-state index in [1.165, 1.54) is 11.0 Å². The van der Waals surface area contributed by atoms with E-state index in [4.69, 9.17) is 9.47 Å². The number of hydrogen-bond donors (Lipinski definition) is 1. The number of amides is 1. The number of ether oxygens (including phenoxy) is 2. The number of aromatic nitrogens is 4. The molecule has 0 saturated heterocycles. The Labute approximate surface area is 132 Å². The fraction of sp³-hybridized carbons (Fsp3) is 0.357. The van der Waals surface area contributed by atoms with Crippen LogP contribution in [0, 0.1) is 0 Å². The predicted octanol–water partition coefficient (Wildman–Crippen LogP) is -0.0298. The summed E-state index contributed by atoms with van der Waals surface area (Å²) in [6.07, 6.45) is 1.37. The molecule has 1 atom stereocenters. The lowest BCUT2D eigenvalue weighted by Gasteiger charge is -2.13. The predicted molar refractivity (Wildman–Crippen MR) is 78.9 cm³/mol. The number of benzene rings is 1. The quantitative estimate of drug-likeness (QED) is 0.714. The van der Waals surface area contributed by atoms with Crippen molar-refractivity contribution in [2.45, 2.75) is 13.0 Å². The SMILES string of the molecule is COCC(C)NC(=O)COC(=O)c1ccccc1-n1cnnn1. The van der Waals surface area contributed by atoms with Crippen molar-refractivity contribution in [3.05, 3.63) is 36.2 Å². The number of hydrogen-bond acceptors (Lipinski definition) is 7. The van der Waals surface area contributed by atoms with E-state index in [0.717, 1.165) is 0 Å². The van der Waals surface area contributed by atoms with Crippen LogP contribution in [-0.4, -0.2) is 58.4 Å². The molecule has 0 radical (unpaired) electrons. The molecule has 1 aromatic carbocycles. The van der Waals surface area contributed by atoms with Crippen LogP contribution in [0.1, 0.15) is 17.3 Å². The van der Waals surface area contributed by atoms with Crippen molar-refractivity contribution in [3.8, 4) is 5.69 Å². The highest BCUT2D eigenvalue weighted by Crippen LogP contribution is 2.13. The first-order chi connectivity index (χ1) is 11.1. The molecule has 2 aromatic rings. The molecule has 0 aliphatic carbocycles. The molecular weight excluding hydrogens is 302 g/mol. The van der Waals surface area contributed by atoms with E-state index >= 15 is 0 Å². The molecule has 1 N–H and O–H groups in total. The molecule has 0 aliphatic rings. The summed E-state index contributed by atoms with van der Waals surface area (Å²) in [5.41, 5.74) is 0.730. The number of para-hydroxylation sites is 1. The van der Waals surface area contributed by atoms with Crippen molar-refractivity contribution >= 4 is 11.9 Å². The Hall–Kier alpha value is -2.81. The van der Waals surface area contributed by atoms with Crippen molar-refractivity contribution in [3.63, 3.8) is 0 Å². The second-order valence-corrected chi connectivity index (χ2v) is 4.77. The maximum absolute atomic E-state index is 12.2. The molecule has 9 nitrogen and oxygen atoms in total. The van der Waals surface area contributed by atoms with Gasteiger partial charge in [0.15, 0.2) is 6.61 Å². The summed E-state index contributed by atoms with van der Waals surface area (Å²) in [6, 6.07) is 6.51. The van der Waals surface area contributed by atoms with Gasteiger partial charge in [0.1, 0.15) is 6.33 Å². The average molecular weight is 319 g/mol. The van der Waals surface area contributed by atoms with Crippen molar-refractivity contribution in [2.75, 3.05) is 20.3 Å². The minimum atomic E-state index is -0.634. The number of carbonyl (C=O) groups excluding carboxylic acids is 2. The first kappa shape index (κ1) is 16.6.